The molecule has 106 valence electrons. The third-order valence-corrected chi connectivity index (χ3v) is 2.88. The van der Waals surface area contributed by atoms with E-state index in [0.29, 0.717) is 25.1 Å². The molecule has 0 aromatic heterocycles. The van der Waals surface area contributed by atoms with E-state index in [2.05, 4.69) is 0 Å². The first-order valence-electron chi connectivity index (χ1n) is 6.55. The zero-order valence-electron chi connectivity index (χ0n) is 11.8. The van der Waals surface area contributed by atoms with Crippen molar-refractivity contribution >= 4 is 5.78 Å². The van der Waals surface area contributed by atoms with Crippen LogP contribution in [-0.2, 0) is 0 Å². The number of carbonyl (C=O) groups excluding carboxylic acids is 1. The molecule has 1 aromatic carbocycles. The molecule has 0 fully saturated rings. The lowest BCUT2D eigenvalue weighted by Gasteiger charge is -2.27. The van der Waals surface area contributed by atoms with Crippen LogP contribution >= 0.6 is 0 Å². The molecule has 0 saturated carbocycles. The predicted molar refractivity (Wildman–Crippen MR) is 73.8 cm³/mol. The molecule has 0 amide bonds. The molecule has 0 bridgehead atoms. The maximum Gasteiger partial charge on any atom is 0.164 e. The summed E-state index contributed by atoms with van der Waals surface area (Å²) >= 11 is 0. The van der Waals surface area contributed by atoms with E-state index in [1.54, 1.807) is 13.8 Å². The maximum atomic E-state index is 12.8. The highest BCUT2D eigenvalue weighted by atomic mass is 19.1. The highest BCUT2D eigenvalue weighted by Crippen LogP contribution is 2.09. The molecule has 4 heteroatoms. The van der Waals surface area contributed by atoms with Crippen molar-refractivity contribution in [3.8, 4) is 0 Å². The number of aliphatic hydroxyl groups is 1. The average Bonchev–Trinajstić information content (AvgIpc) is 2.33. The lowest BCUT2D eigenvalue weighted by atomic mass is 10.1. The zero-order chi connectivity index (χ0) is 14.5. The van der Waals surface area contributed by atoms with E-state index in [-0.39, 0.29) is 11.6 Å². The van der Waals surface area contributed by atoms with Crippen LogP contribution in [0.5, 0.6) is 0 Å². The Labute approximate surface area is 114 Å². The van der Waals surface area contributed by atoms with Gasteiger partial charge in [-0.15, -0.1) is 0 Å². The molecule has 0 aliphatic carbocycles. The molecule has 0 aliphatic heterocycles. The lowest BCUT2D eigenvalue weighted by molar-refractivity contribution is 0.0371. The number of Topliss-reactive ketones (excluding diaryl/α,β-unsaturated/α-hetero) is 1. The second kappa shape index (κ2) is 6.78. The molecule has 3 nitrogen and oxygen atoms in total. The summed E-state index contributed by atoms with van der Waals surface area (Å²) < 4.78 is 12.8. The van der Waals surface area contributed by atoms with E-state index in [4.69, 9.17) is 0 Å². The first kappa shape index (κ1) is 15.8. The number of carbonyl (C=O) groups is 1. The molecule has 19 heavy (non-hydrogen) atoms. The first-order chi connectivity index (χ1) is 8.81. The van der Waals surface area contributed by atoms with Crippen molar-refractivity contribution in [1.29, 1.82) is 0 Å². The number of hydrogen-bond acceptors (Lipinski definition) is 3. The third kappa shape index (κ3) is 5.94. The smallest absolute Gasteiger partial charge is 0.164 e. The number of benzene rings is 1. The normalized spacial score (nSPS) is 11.9. The topological polar surface area (TPSA) is 40.5 Å². The number of halogens is 1. The third-order valence-electron chi connectivity index (χ3n) is 2.88. The Morgan fingerprint density at radius 1 is 1.32 bits per heavy atom. The van der Waals surface area contributed by atoms with Crippen LogP contribution in [0, 0.1) is 5.82 Å². The SMILES string of the molecule is CCN(CCC(=O)c1ccc(F)cc1)CC(C)(C)O. The number of likely N-dealkylation sites (N-methyl/N-ethyl adjacent to an activating group) is 1. The summed E-state index contributed by atoms with van der Waals surface area (Å²) in [6.07, 6.45) is 0.371. The maximum absolute atomic E-state index is 12.8. The van der Waals surface area contributed by atoms with Crippen LogP contribution in [0.1, 0.15) is 37.6 Å². The van der Waals surface area contributed by atoms with Gasteiger partial charge in [-0.1, -0.05) is 6.92 Å². The number of ketones is 1. The van der Waals surface area contributed by atoms with Gasteiger partial charge >= 0.3 is 0 Å². The van der Waals surface area contributed by atoms with Crippen LogP contribution in [0.2, 0.25) is 0 Å². The summed E-state index contributed by atoms with van der Waals surface area (Å²) in [5.74, 6) is -0.344. The second-order valence-corrected chi connectivity index (χ2v) is 5.36. The van der Waals surface area contributed by atoms with Gasteiger partial charge in [0.2, 0.25) is 0 Å². The van der Waals surface area contributed by atoms with Gasteiger partial charge in [-0.2, -0.15) is 0 Å². The van der Waals surface area contributed by atoms with Gasteiger partial charge in [-0.3, -0.25) is 4.79 Å². The van der Waals surface area contributed by atoms with Crippen molar-refractivity contribution in [3.05, 3.63) is 35.6 Å². The van der Waals surface area contributed by atoms with Gasteiger partial charge in [0.1, 0.15) is 5.82 Å². The molecule has 0 atom stereocenters. The molecule has 0 saturated heterocycles. The van der Waals surface area contributed by atoms with Crippen molar-refractivity contribution in [1.82, 2.24) is 4.90 Å². The van der Waals surface area contributed by atoms with Crippen LogP contribution in [0.25, 0.3) is 0 Å². The van der Waals surface area contributed by atoms with Crippen LogP contribution < -0.4 is 0 Å². The number of hydrogen-bond donors (Lipinski definition) is 1. The summed E-state index contributed by atoms with van der Waals surface area (Å²) in [4.78, 5) is 14.0. The average molecular weight is 267 g/mol. The predicted octanol–water partition coefficient (Wildman–Crippen LogP) is 2.49. The van der Waals surface area contributed by atoms with Crippen LogP contribution in [-0.4, -0.2) is 41.0 Å². The number of rotatable bonds is 7. The fourth-order valence-corrected chi connectivity index (χ4v) is 1.94. The van der Waals surface area contributed by atoms with Crippen molar-refractivity contribution in [3.63, 3.8) is 0 Å². The highest BCUT2D eigenvalue weighted by Gasteiger charge is 2.18. The van der Waals surface area contributed by atoms with Gasteiger partial charge < -0.3 is 10.0 Å². The van der Waals surface area contributed by atoms with Gasteiger partial charge in [-0.25, -0.2) is 4.39 Å². The molecule has 0 unspecified atom stereocenters. The summed E-state index contributed by atoms with van der Waals surface area (Å²) in [5, 5.41) is 9.76. The minimum Gasteiger partial charge on any atom is -0.389 e. The van der Waals surface area contributed by atoms with Crippen LogP contribution in [0.15, 0.2) is 24.3 Å². The van der Waals surface area contributed by atoms with Crippen molar-refractivity contribution < 1.29 is 14.3 Å². The van der Waals surface area contributed by atoms with E-state index in [1.807, 2.05) is 11.8 Å². The quantitative estimate of drug-likeness (QED) is 0.772. The van der Waals surface area contributed by atoms with E-state index in [0.717, 1.165) is 6.54 Å². The number of nitrogens with zero attached hydrogens (tertiary/aromatic N) is 1. The Kier molecular flexibility index (Phi) is 5.63. The molecule has 1 N–H and O–H groups in total. The van der Waals surface area contributed by atoms with E-state index >= 15 is 0 Å². The summed E-state index contributed by atoms with van der Waals surface area (Å²) in [7, 11) is 0. The summed E-state index contributed by atoms with van der Waals surface area (Å²) in [6, 6.07) is 5.59. The Balaban J connectivity index is 2.50. The molecule has 1 aromatic rings. The van der Waals surface area contributed by atoms with E-state index < -0.39 is 5.60 Å². The van der Waals surface area contributed by atoms with Gasteiger partial charge in [0.25, 0.3) is 0 Å². The Hall–Kier alpha value is -1.26. The van der Waals surface area contributed by atoms with Crippen LogP contribution in [0.4, 0.5) is 4.39 Å². The van der Waals surface area contributed by atoms with Crippen molar-refractivity contribution in [2.45, 2.75) is 32.8 Å². The molecule has 0 radical (unpaired) electrons. The molecule has 0 aliphatic rings. The van der Waals surface area contributed by atoms with Gasteiger partial charge in [0.15, 0.2) is 5.78 Å². The minimum absolute atomic E-state index is 0.00537. The summed E-state index contributed by atoms with van der Waals surface area (Å²) in [6.45, 7) is 7.39. The Morgan fingerprint density at radius 3 is 2.37 bits per heavy atom. The van der Waals surface area contributed by atoms with E-state index in [9.17, 15) is 14.3 Å². The fourth-order valence-electron chi connectivity index (χ4n) is 1.94. The molecular formula is C15H22FNO2. The van der Waals surface area contributed by atoms with Crippen molar-refractivity contribution in [2.75, 3.05) is 19.6 Å². The van der Waals surface area contributed by atoms with Gasteiger partial charge in [0.05, 0.1) is 5.60 Å². The Morgan fingerprint density at radius 2 is 1.89 bits per heavy atom. The van der Waals surface area contributed by atoms with Crippen molar-refractivity contribution in [2.24, 2.45) is 0 Å². The Bertz CT molecular complexity index is 409. The monoisotopic (exact) mass is 267 g/mol. The lowest BCUT2D eigenvalue weighted by Crippen LogP contribution is -2.39. The molecule has 1 rings (SSSR count). The second-order valence-electron chi connectivity index (χ2n) is 5.36. The molecular weight excluding hydrogens is 245 g/mol. The summed E-state index contributed by atoms with van der Waals surface area (Å²) in [5.41, 5.74) is -0.240. The molecule has 0 heterocycles. The minimum atomic E-state index is -0.769. The standard InChI is InChI=1S/C15H22FNO2/c1-4-17(11-15(2,3)19)10-9-14(18)12-5-7-13(16)8-6-12/h5-8,19H,4,9-11H2,1-3H3. The van der Waals surface area contributed by atoms with Gasteiger partial charge in [-0.05, 0) is 44.7 Å². The zero-order valence-corrected chi connectivity index (χ0v) is 11.8. The van der Waals surface area contributed by atoms with Crippen LogP contribution in [0.3, 0.4) is 0 Å². The molecule has 0 spiro atoms. The van der Waals surface area contributed by atoms with Gasteiger partial charge in [0, 0.05) is 25.1 Å². The fraction of sp³-hybridized carbons (Fsp3) is 0.533. The highest BCUT2D eigenvalue weighted by molar-refractivity contribution is 5.96. The van der Waals surface area contributed by atoms with E-state index in [1.165, 1.54) is 24.3 Å². The largest absolute Gasteiger partial charge is 0.389 e. The first-order valence-corrected chi connectivity index (χ1v) is 6.55.